The zero-order valence-electron chi connectivity index (χ0n) is 27.9. The molecule has 1 saturated heterocycles. The van der Waals surface area contributed by atoms with E-state index >= 15 is 0 Å². The number of rotatable bonds is 8. The number of ether oxygens (including phenoxy) is 3. The number of carbonyl (C=O) groups is 2. The van der Waals surface area contributed by atoms with Crippen molar-refractivity contribution >= 4 is 22.5 Å². The van der Waals surface area contributed by atoms with Crippen LogP contribution in [-0.2, 0) is 26.2 Å². The summed E-state index contributed by atoms with van der Waals surface area (Å²) in [5.41, 5.74) is 3.74. The van der Waals surface area contributed by atoms with Crippen molar-refractivity contribution in [1.29, 1.82) is 0 Å². The van der Waals surface area contributed by atoms with E-state index in [4.69, 9.17) is 18.6 Å². The van der Waals surface area contributed by atoms with Crippen LogP contribution in [0.25, 0.3) is 11.0 Å². The van der Waals surface area contributed by atoms with E-state index in [1.165, 1.54) is 6.07 Å². The van der Waals surface area contributed by atoms with E-state index in [9.17, 15) is 19.5 Å². The minimum atomic E-state index is -0.383. The molecule has 1 unspecified atom stereocenters. The Balaban J connectivity index is 0.000000185. The first-order valence-electron chi connectivity index (χ1n) is 15.9. The smallest absolute Gasteiger partial charge is 0.336 e. The van der Waals surface area contributed by atoms with Gasteiger partial charge in [0.15, 0.2) is 28.8 Å². The van der Waals surface area contributed by atoms with Crippen molar-refractivity contribution in [2.45, 2.75) is 57.9 Å². The van der Waals surface area contributed by atoms with Gasteiger partial charge in [0.25, 0.3) is 0 Å². The Labute approximate surface area is 275 Å². The maximum atomic E-state index is 12.6. The quantitative estimate of drug-likeness (QED) is 0.231. The Kier molecular flexibility index (Phi) is 10.1. The van der Waals surface area contributed by atoms with Crippen LogP contribution in [0, 0.1) is 5.92 Å². The molecule has 0 spiro atoms. The van der Waals surface area contributed by atoms with Gasteiger partial charge in [0.05, 0.1) is 20.8 Å². The zero-order chi connectivity index (χ0) is 33.9. The van der Waals surface area contributed by atoms with E-state index in [0.717, 1.165) is 47.0 Å². The Morgan fingerprint density at radius 3 is 2.55 bits per heavy atom. The molecule has 2 heterocycles. The van der Waals surface area contributed by atoms with E-state index in [1.807, 2.05) is 51.1 Å². The molecular weight excluding hydrogens is 598 g/mol. The SMILES string of the molecule is CC(C)=CC(=O)/C=C(\C)CCOc1ccc2ccc(=O)oc2c1.COC1=CC2[C@H]3Cc4ccc(OC)c(O)c4[C@@]2(CCN3C)CC1=O. The Hall–Kier alpha value is -4.63. The molecule has 9 heteroatoms. The molecule has 9 nitrogen and oxygen atoms in total. The lowest BCUT2D eigenvalue weighted by atomic mass is 9.53. The fourth-order valence-corrected chi connectivity index (χ4v) is 7.13. The summed E-state index contributed by atoms with van der Waals surface area (Å²) in [6.45, 7) is 7.05. The van der Waals surface area contributed by atoms with Crippen LogP contribution >= 0.6 is 0 Å². The van der Waals surface area contributed by atoms with E-state index in [2.05, 4.69) is 11.9 Å². The van der Waals surface area contributed by atoms with Crippen molar-refractivity contribution in [1.82, 2.24) is 4.90 Å². The molecule has 2 aromatic carbocycles. The number of ketones is 2. The Morgan fingerprint density at radius 1 is 1.06 bits per heavy atom. The number of nitrogens with zero attached hydrogens (tertiary/aromatic N) is 1. The minimum Gasteiger partial charge on any atom is -0.504 e. The zero-order valence-corrected chi connectivity index (χ0v) is 27.9. The van der Waals surface area contributed by atoms with Crippen molar-refractivity contribution in [3.05, 3.63) is 99.1 Å². The predicted octanol–water partition coefficient (Wildman–Crippen LogP) is 6.06. The first kappa shape index (κ1) is 33.7. The third-order valence-corrected chi connectivity index (χ3v) is 9.38. The van der Waals surface area contributed by atoms with Crippen LogP contribution in [0.15, 0.2) is 86.8 Å². The van der Waals surface area contributed by atoms with Crippen molar-refractivity contribution in [2.24, 2.45) is 5.92 Å². The predicted molar refractivity (Wildman–Crippen MR) is 180 cm³/mol. The fourth-order valence-electron chi connectivity index (χ4n) is 7.13. The molecule has 0 radical (unpaired) electrons. The summed E-state index contributed by atoms with van der Waals surface area (Å²) in [6, 6.07) is 12.7. The second-order valence-electron chi connectivity index (χ2n) is 12.8. The number of allylic oxidation sites excluding steroid dienone is 4. The number of likely N-dealkylation sites (N-methyl/N-ethyl adjacent to an activating group) is 1. The van der Waals surface area contributed by atoms with Crippen LogP contribution in [0.1, 0.15) is 51.2 Å². The molecule has 3 aliphatic rings. The summed E-state index contributed by atoms with van der Waals surface area (Å²) in [4.78, 5) is 37.8. The molecular formula is C38H43NO8. The normalized spacial score (nSPS) is 21.8. The highest BCUT2D eigenvalue weighted by Gasteiger charge is 2.56. The molecule has 2 bridgehead atoms. The van der Waals surface area contributed by atoms with E-state index < -0.39 is 0 Å². The van der Waals surface area contributed by atoms with E-state index in [1.54, 1.807) is 38.5 Å². The molecule has 1 fully saturated rings. The summed E-state index contributed by atoms with van der Waals surface area (Å²) in [7, 11) is 5.25. The molecule has 0 amide bonds. The van der Waals surface area contributed by atoms with Crippen LogP contribution in [0.4, 0.5) is 0 Å². The van der Waals surface area contributed by atoms with Crippen LogP contribution < -0.4 is 15.1 Å². The molecule has 47 heavy (non-hydrogen) atoms. The molecule has 1 N–H and O–H groups in total. The lowest BCUT2D eigenvalue weighted by Gasteiger charge is -2.56. The number of hydrogen-bond donors (Lipinski definition) is 1. The van der Waals surface area contributed by atoms with Crippen LogP contribution in [0.3, 0.4) is 0 Å². The summed E-state index contributed by atoms with van der Waals surface area (Å²) in [5.74, 6) is 1.95. The summed E-state index contributed by atoms with van der Waals surface area (Å²) in [6.07, 6.45) is 7.96. The second kappa shape index (κ2) is 14.0. The van der Waals surface area contributed by atoms with E-state index in [-0.39, 0.29) is 34.3 Å². The number of piperidine rings is 1. The number of likely N-dealkylation sites (tertiary alicyclic amines) is 1. The molecule has 1 aliphatic heterocycles. The van der Waals surface area contributed by atoms with E-state index in [0.29, 0.717) is 48.3 Å². The van der Waals surface area contributed by atoms with Gasteiger partial charge in [-0.05, 0) is 95.3 Å². The topological polar surface area (TPSA) is 116 Å². The van der Waals surface area contributed by atoms with Crippen molar-refractivity contribution < 1.29 is 33.3 Å². The first-order valence-corrected chi connectivity index (χ1v) is 15.9. The Bertz CT molecular complexity index is 1830. The maximum absolute atomic E-state index is 12.6. The monoisotopic (exact) mass is 641 g/mol. The lowest BCUT2D eigenvalue weighted by Crippen LogP contribution is -2.60. The van der Waals surface area contributed by atoms with Gasteiger partial charge in [-0.15, -0.1) is 0 Å². The molecule has 0 saturated carbocycles. The number of Topliss-reactive ketones (excluding diaryl/α,β-unsaturated/α-hetero) is 1. The second-order valence-corrected chi connectivity index (χ2v) is 12.8. The van der Waals surface area contributed by atoms with Gasteiger partial charge in [-0.25, -0.2) is 4.79 Å². The third kappa shape index (κ3) is 7.05. The molecule has 3 atom stereocenters. The highest BCUT2D eigenvalue weighted by atomic mass is 16.5. The van der Waals surface area contributed by atoms with Crippen LogP contribution in [-0.4, -0.2) is 62.0 Å². The molecule has 6 rings (SSSR count). The average molecular weight is 642 g/mol. The van der Waals surface area contributed by atoms with Gasteiger partial charge < -0.3 is 28.6 Å². The largest absolute Gasteiger partial charge is 0.504 e. The third-order valence-electron chi connectivity index (χ3n) is 9.38. The van der Waals surface area contributed by atoms with Crippen molar-refractivity contribution in [3.8, 4) is 17.2 Å². The minimum absolute atomic E-state index is 0.00465. The number of methoxy groups -OCH3 is 2. The number of aromatic hydroxyl groups is 1. The first-order chi connectivity index (χ1) is 22.4. The summed E-state index contributed by atoms with van der Waals surface area (Å²) in [5, 5.41) is 11.7. The van der Waals surface area contributed by atoms with Crippen LogP contribution in [0.2, 0.25) is 0 Å². The number of carbonyl (C=O) groups excluding carboxylic acids is 2. The molecule has 3 aromatic rings. The fraction of sp³-hybridized carbons (Fsp3) is 0.395. The highest BCUT2D eigenvalue weighted by Crippen LogP contribution is 2.57. The van der Waals surface area contributed by atoms with Gasteiger partial charge in [-0.2, -0.15) is 0 Å². The van der Waals surface area contributed by atoms with Gasteiger partial charge in [0.2, 0.25) is 0 Å². The van der Waals surface area contributed by atoms with Crippen LogP contribution in [0.5, 0.6) is 17.2 Å². The van der Waals surface area contributed by atoms with Gasteiger partial charge in [-0.1, -0.05) is 17.2 Å². The number of hydrogen-bond acceptors (Lipinski definition) is 9. The number of phenolic OH excluding ortho intramolecular Hbond substituents is 1. The summed E-state index contributed by atoms with van der Waals surface area (Å²) >= 11 is 0. The number of phenols is 1. The molecule has 2 aliphatic carbocycles. The molecule has 248 valence electrons. The van der Waals surface area contributed by atoms with Crippen molar-refractivity contribution in [3.63, 3.8) is 0 Å². The van der Waals surface area contributed by atoms with Gasteiger partial charge in [0, 0.05) is 53.3 Å². The number of benzene rings is 2. The van der Waals surface area contributed by atoms with Gasteiger partial charge in [0.1, 0.15) is 11.3 Å². The Morgan fingerprint density at radius 2 is 1.83 bits per heavy atom. The highest BCUT2D eigenvalue weighted by molar-refractivity contribution is 6.00. The van der Waals surface area contributed by atoms with Gasteiger partial charge >= 0.3 is 5.63 Å². The van der Waals surface area contributed by atoms with Crippen molar-refractivity contribution in [2.75, 3.05) is 34.4 Å². The molecule has 1 aromatic heterocycles. The maximum Gasteiger partial charge on any atom is 0.336 e. The summed E-state index contributed by atoms with van der Waals surface area (Å²) < 4.78 is 21.4. The lowest BCUT2D eigenvalue weighted by molar-refractivity contribution is -0.122. The standard InChI is InChI=1S/C19H23NO4.C19H20O4/c1-20-7-6-19-10-14(21)16(24-3)9-12(19)13(20)8-11-4-5-15(23-2)18(22)17(11)19;1-13(2)10-16(20)11-14(3)8-9-22-17-6-4-15-5-7-19(21)23-18(15)12-17/h4-5,9,12-13,22H,6-8,10H2,1-3H3;4-7,10-12H,8-9H2,1-3H3/b;14-11+/t12?,13-,19+;/m1./s1. The average Bonchev–Trinajstić information content (AvgIpc) is 3.02. The number of fused-ring (bicyclic) bond motifs is 2. The van der Waals surface area contributed by atoms with Gasteiger partial charge in [-0.3, -0.25) is 9.59 Å².